The van der Waals surface area contributed by atoms with Crippen LogP contribution in [0.2, 0.25) is 0 Å². The Balaban J connectivity index is 2.02. The van der Waals surface area contributed by atoms with Crippen LogP contribution in [-0.2, 0) is 6.42 Å². The first kappa shape index (κ1) is 12.1. The van der Waals surface area contributed by atoms with Crippen molar-refractivity contribution in [3.63, 3.8) is 0 Å². The molecule has 1 aliphatic rings. The summed E-state index contributed by atoms with van der Waals surface area (Å²) in [6.45, 7) is 4.76. The van der Waals surface area contributed by atoms with Gasteiger partial charge in [0.25, 0.3) is 0 Å². The number of hydrogen-bond donors (Lipinski definition) is 1. The average Bonchev–Trinajstić information content (AvgIpc) is 2.63. The van der Waals surface area contributed by atoms with Gasteiger partial charge in [-0.1, -0.05) is 20.3 Å². The highest BCUT2D eigenvalue weighted by Crippen LogP contribution is 2.38. The van der Waals surface area contributed by atoms with Crippen molar-refractivity contribution in [1.29, 1.82) is 0 Å². The van der Waals surface area contributed by atoms with Crippen molar-refractivity contribution >= 4 is 11.3 Å². The molecule has 1 aromatic rings. The lowest BCUT2D eigenvalue weighted by atomic mass is 9.82. The van der Waals surface area contributed by atoms with E-state index in [0.717, 1.165) is 6.42 Å². The zero-order valence-electron chi connectivity index (χ0n) is 10.5. The van der Waals surface area contributed by atoms with E-state index in [9.17, 15) is 0 Å². The molecule has 0 aromatic carbocycles. The minimum absolute atomic E-state index is 0.0504. The molecule has 0 amide bonds. The molecule has 1 fully saturated rings. The summed E-state index contributed by atoms with van der Waals surface area (Å²) >= 11 is 1.78. The lowest BCUT2D eigenvalue weighted by molar-refractivity contribution is 0.297. The summed E-state index contributed by atoms with van der Waals surface area (Å²) in [5.41, 5.74) is 8.55. The highest BCUT2D eigenvalue weighted by Gasteiger charge is 2.32. The fourth-order valence-corrected chi connectivity index (χ4v) is 3.40. The monoisotopic (exact) mass is 237 g/mol. The maximum atomic E-state index is 6.58. The van der Waals surface area contributed by atoms with Gasteiger partial charge in [0, 0.05) is 5.54 Å². The van der Waals surface area contributed by atoms with Gasteiger partial charge in [0.2, 0.25) is 0 Å². The molecule has 16 heavy (non-hydrogen) atoms. The molecule has 1 saturated carbocycles. The molecule has 0 bridgehead atoms. The Morgan fingerprint density at radius 2 is 2.06 bits per heavy atom. The van der Waals surface area contributed by atoms with Crippen LogP contribution in [0.5, 0.6) is 0 Å². The Kier molecular flexibility index (Phi) is 3.41. The highest BCUT2D eigenvalue weighted by atomic mass is 32.1. The molecule has 1 atom stereocenters. The minimum atomic E-state index is 0.0504. The molecule has 1 unspecified atom stereocenters. The van der Waals surface area contributed by atoms with Crippen molar-refractivity contribution in [3.05, 3.63) is 22.4 Å². The molecule has 0 aliphatic heterocycles. The molecule has 90 valence electrons. The van der Waals surface area contributed by atoms with E-state index in [1.807, 2.05) is 0 Å². The summed E-state index contributed by atoms with van der Waals surface area (Å²) < 4.78 is 0. The van der Waals surface area contributed by atoms with Gasteiger partial charge in [-0.2, -0.15) is 11.3 Å². The molecular formula is C14H23NS. The fraction of sp³-hybridized carbons (Fsp3) is 0.714. The summed E-state index contributed by atoms with van der Waals surface area (Å²) in [5.74, 6) is 0. The number of thiophene rings is 1. The van der Waals surface area contributed by atoms with Crippen molar-refractivity contribution < 1.29 is 0 Å². The summed E-state index contributed by atoms with van der Waals surface area (Å²) in [6, 6.07) is 2.22. The number of nitrogens with two attached hydrogens (primary N) is 1. The molecule has 1 heterocycles. The lowest BCUT2D eigenvalue weighted by Gasteiger charge is -2.29. The van der Waals surface area contributed by atoms with Crippen LogP contribution in [0.15, 0.2) is 16.8 Å². The molecule has 2 heteroatoms. The van der Waals surface area contributed by atoms with Gasteiger partial charge in [-0.15, -0.1) is 0 Å². The average molecular weight is 237 g/mol. The summed E-state index contributed by atoms with van der Waals surface area (Å²) in [5, 5.41) is 4.39. The Morgan fingerprint density at radius 3 is 2.75 bits per heavy atom. The van der Waals surface area contributed by atoms with E-state index >= 15 is 0 Å². The third-order valence-electron chi connectivity index (χ3n) is 3.96. The van der Waals surface area contributed by atoms with Crippen LogP contribution in [0.1, 0.15) is 51.5 Å². The second-order valence-electron chi connectivity index (χ2n) is 6.19. The predicted octanol–water partition coefficient (Wildman–Crippen LogP) is 3.98. The summed E-state index contributed by atoms with van der Waals surface area (Å²) in [7, 11) is 0. The zero-order valence-corrected chi connectivity index (χ0v) is 11.3. The second-order valence-corrected chi connectivity index (χ2v) is 6.97. The summed E-state index contributed by atoms with van der Waals surface area (Å²) in [6.07, 6.45) is 7.31. The maximum Gasteiger partial charge on any atom is 0.0195 e. The molecule has 0 radical (unpaired) electrons. The second kappa shape index (κ2) is 4.50. The predicted molar refractivity (Wildman–Crippen MR) is 71.8 cm³/mol. The van der Waals surface area contributed by atoms with Crippen molar-refractivity contribution in [2.45, 2.75) is 57.9 Å². The van der Waals surface area contributed by atoms with Crippen LogP contribution in [0.3, 0.4) is 0 Å². The highest BCUT2D eigenvalue weighted by molar-refractivity contribution is 7.07. The van der Waals surface area contributed by atoms with Crippen molar-refractivity contribution in [3.8, 4) is 0 Å². The van der Waals surface area contributed by atoms with E-state index < -0.39 is 0 Å². The van der Waals surface area contributed by atoms with Crippen LogP contribution in [0, 0.1) is 5.41 Å². The standard InChI is InChI=1S/C14H23NS/c1-13(2)5-3-6-14(15,8-7-13)10-12-4-9-16-11-12/h4,9,11H,3,5-8,10,15H2,1-2H3. The normalized spacial score (nSPS) is 29.9. The van der Waals surface area contributed by atoms with E-state index in [-0.39, 0.29) is 5.54 Å². The first-order valence-corrected chi connectivity index (χ1v) is 7.23. The maximum absolute atomic E-state index is 6.58. The first-order chi connectivity index (χ1) is 7.49. The molecule has 2 rings (SSSR count). The van der Waals surface area contributed by atoms with Crippen molar-refractivity contribution in [1.82, 2.24) is 0 Å². The lowest BCUT2D eigenvalue weighted by Crippen LogP contribution is -2.41. The van der Waals surface area contributed by atoms with Gasteiger partial charge in [0.1, 0.15) is 0 Å². The van der Waals surface area contributed by atoms with Crippen LogP contribution >= 0.6 is 11.3 Å². The fourth-order valence-electron chi connectivity index (χ4n) is 2.73. The summed E-state index contributed by atoms with van der Waals surface area (Å²) in [4.78, 5) is 0. The van der Waals surface area contributed by atoms with Crippen LogP contribution in [0.4, 0.5) is 0 Å². The van der Waals surface area contributed by atoms with E-state index in [4.69, 9.17) is 5.73 Å². The molecule has 0 spiro atoms. The van der Waals surface area contributed by atoms with E-state index in [0.29, 0.717) is 5.41 Å². The van der Waals surface area contributed by atoms with E-state index in [2.05, 4.69) is 30.7 Å². The SMILES string of the molecule is CC1(C)CCCC(N)(Cc2ccsc2)CC1. The van der Waals surface area contributed by atoms with Gasteiger partial charge < -0.3 is 5.73 Å². The first-order valence-electron chi connectivity index (χ1n) is 6.29. The molecule has 1 aromatic heterocycles. The number of rotatable bonds is 2. The Bertz CT molecular complexity index is 329. The Hall–Kier alpha value is -0.340. The van der Waals surface area contributed by atoms with Gasteiger partial charge in [-0.25, -0.2) is 0 Å². The van der Waals surface area contributed by atoms with Crippen molar-refractivity contribution in [2.75, 3.05) is 0 Å². The molecule has 0 saturated heterocycles. The Labute approximate surface area is 103 Å². The quantitative estimate of drug-likeness (QED) is 0.774. The van der Waals surface area contributed by atoms with Gasteiger partial charge in [0.05, 0.1) is 0 Å². The van der Waals surface area contributed by atoms with Gasteiger partial charge in [-0.3, -0.25) is 0 Å². The van der Waals surface area contributed by atoms with Crippen LogP contribution < -0.4 is 5.73 Å². The van der Waals surface area contributed by atoms with Gasteiger partial charge in [-0.05, 0) is 59.9 Å². The van der Waals surface area contributed by atoms with Crippen LogP contribution in [-0.4, -0.2) is 5.54 Å². The van der Waals surface area contributed by atoms with Crippen molar-refractivity contribution in [2.24, 2.45) is 11.1 Å². The largest absolute Gasteiger partial charge is 0.325 e. The molecule has 2 N–H and O–H groups in total. The molecule has 1 nitrogen and oxygen atoms in total. The third-order valence-corrected chi connectivity index (χ3v) is 4.70. The topological polar surface area (TPSA) is 26.0 Å². The van der Waals surface area contributed by atoms with E-state index in [1.165, 1.54) is 37.7 Å². The smallest absolute Gasteiger partial charge is 0.0195 e. The molecule has 1 aliphatic carbocycles. The minimum Gasteiger partial charge on any atom is -0.325 e. The third kappa shape index (κ3) is 3.08. The number of hydrogen-bond acceptors (Lipinski definition) is 2. The van der Waals surface area contributed by atoms with Gasteiger partial charge in [0.15, 0.2) is 0 Å². The zero-order chi connectivity index (χ0) is 11.6. The Morgan fingerprint density at radius 1 is 1.25 bits per heavy atom. The van der Waals surface area contributed by atoms with Gasteiger partial charge >= 0.3 is 0 Å². The van der Waals surface area contributed by atoms with E-state index in [1.54, 1.807) is 11.3 Å². The molecular weight excluding hydrogens is 214 g/mol. The van der Waals surface area contributed by atoms with Crippen LogP contribution in [0.25, 0.3) is 0 Å².